The summed E-state index contributed by atoms with van der Waals surface area (Å²) in [5, 5.41) is 8.72. The van der Waals surface area contributed by atoms with Gasteiger partial charge in [-0.1, -0.05) is 0 Å². The molecule has 0 atom stereocenters. The van der Waals surface area contributed by atoms with Crippen LogP contribution in [-0.4, -0.2) is 41.2 Å². The third-order valence-electron chi connectivity index (χ3n) is 3.62. The molecule has 0 aromatic carbocycles. The standard InChI is InChI=1S/C14H20N2O3/c1-9-5-15-12(10(2)14(9)19-3)8-16-6-11(7-16)4-13(17)18/h5,11H,4,6-8H2,1-3H3,(H,17,18). The van der Waals surface area contributed by atoms with Crippen LogP contribution < -0.4 is 4.74 Å². The maximum atomic E-state index is 10.6. The van der Waals surface area contributed by atoms with Crippen LogP contribution in [0.1, 0.15) is 23.2 Å². The molecule has 104 valence electrons. The molecule has 0 amide bonds. The fraction of sp³-hybridized carbons (Fsp3) is 0.571. The molecule has 0 unspecified atom stereocenters. The van der Waals surface area contributed by atoms with Gasteiger partial charge < -0.3 is 9.84 Å². The molecule has 5 heteroatoms. The second-order valence-electron chi connectivity index (χ2n) is 5.20. The molecule has 1 saturated heterocycles. The minimum Gasteiger partial charge on any atom is -0.496 e. The van der Waals surface area contributed by atoms with E-state index in [-0.39, 0.29) is 12.3 Å². The molecule has 0 radical (unpaired) electrons. The number of hydrogen-bond donors (Lipinski definition) is 1. The molecule has 1 fully saturated rings. The molecule has 0 bridgehead atoms. The van der Waals surface area contributed by atoms with E-state index in [9.17, 15) is 4.79 Å². The summed E-state index contributed by atoms with van der Waals surface area (Å²) in [7, 11) is 1.67. The van der Waals surface area contributed by atoms with Gasteiger partial charge in [-0.05, 0) is 19.8 Å². The van der Waals surface area contributed by atoms with Gasteiger partial charge in [-0.2, -0.15) is 0 Å². The molecule has 0 aliphatic carbocycles. The summed E-state index contributed by atoms with van der Waals surface area (Å²) in [5.41, 5.74) is 3.12. The third kappa shape index (κ3) is 3.04. The number of rotatable bonds is 5. The van der Waals surface area contributed by atoms with Crippen molar-refractivity contribution in [1.29, 1.82) is 0 Å². The zero-order valence-electron chi connectivity index (χ0n) is 11.6. The molecule has 0 spiro atoms. The predicted molar refractivity (Wildman–Crippen MR) is 71.3 cm³/mol. The highest BCUT2D eigenvalue weighted by Crippen LogP contribution is 2.27. The lowest BCUT2D eigenvalue weighted by molar-refractivity contribution is -0.139. The average molecular weight is 264 g/mol. The minimum absolute atomic E-state index is 0.264. The number of carbonyl (C=O) groups is 1. The highest BCUT2D eigenvalue weighted by molar-refractivity contribution is 5.67. The number of nitrogens with zero attached hydrogens (tertiary/aromatic N) is 2. The maximum Gasteiger partial charge on any atom is 0.303 e. The van der Waals surface area contributed by atoms with E-state index in [4.69, 9.17) is 9.84 Å². The molecule has 1 aliphatic rings. The summed E-state index contributed by atoms with van der Waals surface area (Å²) in [5.74, 6) is 0.466. The lowest BCUT2D eigenvalue weighted by Crippen LogP contribution is -2.46. The fourth-order valence-electron chi connectivity index (χ4n) is 2.62. The second kappa shape index (κ2) is 5.57. The number of aliphatic carboxylic acids is 1. The second-order valence-corrected chi connectivity index (χ2v) is 5.20. The van der Waals surface area contributed by atoms with E-state index in [0.717, 1.165) is 42.2 Å². The molecule has 1 aliphatic heterocycles. The Hall–Kier alpha value is -1.62. The van der Waals surface area contributed by atoms with Crippen LogP contribution in [0.25, 0.3) is 0 Å². The van der Waals surface area contributed by atoms with Crippen LogP contribution in [0.15, 0.2) is 6.20 Å². The van der Waals surface area contributed by atoms with Crippen LogP contribution in [0.2, 0.25) is 0 Å². The summed E-state index contributed by atoms with van der Waals surface area (Å²) >= 11 is 0. The Labute approximate surface area is 113 Å². The lowest BCUT2D eigenvalue weighted by Gasteiger charge is -2.38. The molecule has 2 rings (SSSR count). The van der Waals surface area contributed by atoms with Crippen molar-refractivity contribution in [2.45, 2.75) is 26.8 Å². The molecule has 2 heterocycles. The summed E-state index contributed by atoms with van der Waals surface area (Å²) in [6.45, 7) is 6.43. The van der Waals surface area contributed by atoms with Crippen molar-refractivity contribution in [2.24, 2.45) is 5.92 Å². The van der Waals surface area contributed by atoms with Crippen LogP contribution in [0.3, 0.4) is 0 Å². The summed E-state index contributed by atoms with van der Waals surface area (Å²) in [4.78, 5) is 17.3. The number of hydrogen-bond acceptors (Lipinski definition) is 4. The van der Waals surface area contributed by atoms with E-state index in [1.165, 1.54) is 0 Å². The SMILES string of the molecule is COc1c(C)cnc(CN2CC(CC(=O)O)C2)c1C. The zero-order chi connectivity index (χ0) is 14.0. The Balaban J connectivity index is 1.96. The molecular weight excluding hydrogens is 244 g/mol. The number of pyridine rings is 1. The number of carboxylic acid groups (broad SMARTS) is 1. The first-order valence-corrected chi connectivity index (χ1v) is 6.44. The maximum absolute atomic E-state index is 10.6. The molecule has 1 N–H and O–H groups in total. The van der Waals surface area contributed by atoms with E-state index in [1.807, 2.05) is 20.0 Å². The van der Waals surface area contributed by atoms with Crippen molar-refractivity contribution in [3.05, 3.63) is 23.0 Å². The van der Waals surface area contributed by atoms with Gasteiger partial charge in [0.2, 0.25) is 0 Å². The fourth-order valence-corrected chi connectivity index (χ4v) is 2.62. The largest absolute Gasteiger partial charge is 0.496 e. The number of ether oxygens (including phenoxy) is 1. The Morgan fingerprint density at radius 1 is 1.53 bits per heavy atom. The van der Waals surface area contributed by atoms with Gasteiger partial charge in [-0.3, -0.25) is 14.7 Å². The zero-order valence-corrected chi connectivity index (χ0v) is 11.6. The molecular formula is C14H20N2O3. The first kappa shape index (κ1) is 13.8. The number of aromatic nitrogens is 1. The van der Waals surface area contributed by atoms with Gasteiger partial charge in [0.05, 0.1) is 19.2 Å². The molecule has 19 heavy (non-hydrogen) atoms. The van der Waals surface area contributed by atoms with Crippen LogP contribution in [-0.2, 0) is 11.3 Å². The summed E-state index contributed by atoms with van der Waals surface area (Å²) in [6.07, 6.45) is 2.09. The van der Waals surface area contributed by atoms with Crippen LogP contribution in [0.5, 0.6) is 5.75 Å². The topological polar surface area (TPSA) is 62.7 Å². The van der Waals surface area contributed by atoms with Gasteiger partial charge in [-0.25, -0.2) is 0 Å². The Morgan fingerprint density at radius 2 is 2.21 bits per heavy atom. The smallest absolute Gasteiger partial charge is 0.303 e. The predicted octanol–water partition coefficient (Wildman–Crippen LogP) is 1.61. The van der Waals surface area contributed by atoms with E-state index >= 15 is 0 Å². The van der Waals surface area contributed by atoms with Crippen molar-refractivity contribution >= 4 is 5.97 Å². The first-order valence-electron chi connectivity index (χ1n) is 6.44. The van der Waals surface area contributed by atoms with Crippen molar-refractivity contribution in [3.8, 4) is 5.75 Å². The van der Waals surface area contributed by atoms with Crippen molar-refractivity contribution < 1.29 is 14.6 Å². The van der Waals surface area contributed by atoms with Crippen molar-refractivity contribution in [1.82, 2.24) is 9.88 Å². The van der Waals surface area contributed by atoms with Crippen LogP contribution in [0, 0.1) is 19.8 Å². The Kier molecular flexibility index (Phi) is 4.04. The van der Waals surface area contributed by atoms with Gasteiger partial charge in [0.15, 0.2) is 0 Å². The number of carboxylic acids is 1. The normalized spacial score (nSPS) is 16.2. The Bertz CT molecular complexity index is 482. The van der Waals surface area contributed by atoms with Crippen molar-refractivity contribution in [2.75, 3.05) is 20.2 Å². The highest BCUT2D eigenvalue weighted by Gasteiger charge is 2.29. The molecule has 5 nitrogen and oxygen atoms in total. The monoisotopic (exact) mass is 264 g/mol. The summed E-state index contributed by atoms with van der Waals surface area (Å²) in [6, 6.07) is 0. The van der Waals surface area contributed by atoms with E-state index in [0.29, 0.717) is 0 Å². The quantitative estimate of drug-likeness (QED) is 0.875. The highest BCUT2D eigenvalue weighted by atomic mass is 16.5. The summed E-state index contributed by atoms with van der Waals surface area (Å²) < 4.78 is 5.39. The van der Waals surface area contributed by atoms with E-state index < -0.39 is 5.97 Å². The Morgan fingerprint density at radius 3 is 2.79 bits per heavy atom. The number of aryl methyl sites for hydroxylation is 1. The van der Waals surface area contributed by atoms with Gasteiger partial charge in [0.1, 0.15) is 5.75 Å². The first-order chi connectivity index (χ1) is 9.01. The van der Waals surface area contributed by atoms with Crippen LogP contribution in [0.4, 0.5) is 0 Å². The molecule has 0 saturated carbocycles. The lowest BCUT2D eigenvalue weighted by atomic mass is 9.96. The van der Waals surface area contributed by atoms with Gasteiger partial charge in [-0.15, -0.1) is 0 Å². The van der Waals surface area contributed by atoms with Gasteiger partial charge in [0.25, 0.3) is 0 Å². The number of likely N-dealkylation sites (tertiary alicyclic amines) is 1. The van der Waals surface area contributed by atoms with E-state index in [1.54, 1.807) is 7.11 Å². The molecule has 1 aromatic heterocycles. The third-order valence-corrected chi connectivity index (χ3v) is 3.62. The van der Waals surface area contributed by atoms with Gasteiger partial charge >= 0.3 is 5.97 Å². The average Bonchev–Trinajstić information content (AvgIpc) is 2.29. The molecule has 1 aromatic rings. The number of methoxy groups -OCH3 is 1. The van der Waals surface area contributed by atoms with E-state index in [2.05, 4.69) is 9.88 Å². The minimum atomic E-state index is -0.712. The van der Waals surface area contributed by atoms with Crippen molar-refractivity contribution in [3.63, 3.8) is 0 Å². The van der Waals surface area contributed by atoms with Gasteiger partial charge in [0, 0.05) is 37.0 Å². The van der Waals surface area contributed by atoms with Crippen LogP contribution >= 0.6 is 0 Å².